The van der Waals surface area contributed by atoms with Crippen LogP contribution in [0.1, 0.15) is 126 Å². The van der Waals surface area contributed by atoms with Crippen molar-refractivity contribution < 1.29 is 19.1 Å². The molecule has 5 heteroatoms. The molecule has 0 fully saturated rings. The summed E-state index contributed by atoms with van der Waals surface area (Å²) in [5, 5.41) is 0. The van der Waals surface area contributed by atoms with Crippen LogP contribution in [0.15, 0.2) is 0 Å². The number of hydrogen-bond acceptors (Lipinski definition) is 5. The van der Waals surface area contributed by atoms with Crippen molar-refractivity contribution in [2.24, 2.45) is 0 Å². The molecule has 0 bridgehead atoms. The number of ether oxygens (including phenoxy) is 2. The van der Waals surface area contributed by atoms with Crippen LogP contribution in [0.5, 0.6) is 0 Å². The summed E-state index contributed by atoms with van der Waals surface area (Å²) in [4.78, 5) is 25.8. The summed E-state index contributed by atoms with van der Waals surface area (Å²) < 4.78 is 10.5. The summed E-state index contributed by atoms with van der Waals surface area (Å²) in [5.41, 5.74) is -0.435. The molecule has 0 aromatic carbocycles. The highest BCUT2D eigenvalue weighted by molar-refractivity contribution is 5.72. The first kappa shape index (κ1) is 32.1. The lowest BCUT2D eigenvalue weighted by Gasteiger charge is -2.25. The summed E-state index contributed by atoms with van der Waals surface area (Å²) in [7, 11) is 0. The van der Waals surface area contributed by atoms with Gasteiger partial charge in [0.25, 0.3) is 0 Å². The number of esters is 2. The first-order valence-electron chi connectivity index (χ1n) is 12.9. The molecule has 0 aliphatic carbocycles. The van der Waals surface area contributed by atoms with Crippen LogP contribution >= 0.6 is 0 Å². The van der Waals surface area contributed by atoms with Gasteiger partial charge >= 0.3 is 11.9 Å². The van der Waals surface area contributed by atoms with E-state index in [0.717, 1.165) is 45.2 Å². The van der Waals surface area contributed by atoms with Gasteiger partial charge in [0.1, 0.15) is 5.60 Å². The molecule has 0 rings (SSSR count). The summed E-state index contributed by atoms with van der Waals surface area (Å²) in [6, 6.07) is 0. The Hall–Kier alpha value is -1.10. The summed E-state index contributed by atoms with van der Waals surface area (Å²) in [6.45, 7) is 16.5. The normalized spacial score (nSPS) is 11.1. The second-order valence-corrected chi connectivity index (χ2v) is 8.95. The molecular weight excluding hydrogens is 390 g/mol. The molecule has 0 aliphatic heterocycles. The molecule has 0 saturated carbocycles. The van der Waals surface area contributed by atoms with E-state index < -0.39 is 5.60 Å². The lowest BCUT2D eigenvalue weighted by molar-refractivity contribution is -0.156. The minimum atomic E-state index is -0.435. The Bertz CT molecular complexity index is 418. The van der Waals surface area contributed by atoms with E-state index in [1.807, 2.05) is 41.5 Å². The number of hydrogen-bond donors (Lipinski definition) is 0. The maximum absolute atomic E-state index is 12.2. The molecule has 0 aromatic heterocycles. The second-order valence-electron chi connectivity index (χ2n) is 8.95. The zero-order valence-corrected chi connectivity index (χ0v) is 21.9. The van der Waals surface area contributed by atoms with Crippen LogP contribution in [0.3, 0.4) is 0 Å². The predicted molar refractivity (Wildman–Crippen MR) is 131 cm³/mol. The highest BCUT2D eigenvalue weighted by atomic mass is 16.6. The highest BCUT2D eigenvalue weighted by Crippen LogP contribution is 2.11. The van der Waals surface area contributed by atoms with E-state index in [2.05, 4.69) is 11.8 Å². The third-order valence-corrected chi connectivity index (χ3v) is 4.76. The van der Waals surface area contributed by atoms with Crippen molar-refractivity contribution in [1.29, 1.82) is 0 Å². The molecule has 0 amide bonds. The number of rotatable bonds is 18. The van der Waals surface area contributed by atoms with Gasteiger partial charge in [-0.15, -0.1) is 0 Å². The van der Waals surface area contributed by atoms with Gasteiger partial charge in [0, 0.05) is 6.42 Å². The van der Waals surface area contributed by atoms with E-state index in [0.29, 0.717) is 19.6 Å². The highest BCUT2D eigenvalue weighted by Gasteiger charge is 2.18. The molecule has 0 spiro atoms. The molecule has 0 heterocycles. The monoisotopic (exact) mass is 443 g/mol. The molecule has 5 nitrogen and oxygen atoms in total. The molecule has 31 heavy (non-hydrogen) atoms. The smallest absolute Gasteiger partial charge is 0.320 e. The Morgan fingerprint density at radius 1 is 0.710 bits per heavy atom. The Kier molecular flexibility index (Phi) is 22.9. The maximum Gasteiger partial charge on any atom is 0.320 e. The van der Waals surface area contributed by atoms with Gasteiger partial charge < -0.3 is 9.47 Å². The maximum atomic E-state index is 12.2. The standard InChI is InChI=1S/C24H47NO4.C2H6/c1-6-8-9-10-11-13-16-19-25(21-23(27)29-24(3,4)5)20-17-14-12-15-18-22(26)28-7-2;1-2/h6-21H2,1-5H3;1-2H3. The van der Waals surface area contributed by atoms with Gasteiger partial charge in [-0.25, -0.2) is 0 Å². The van der Waals surface area contributed by atoms with Crippen LogP contribution in [0.4, 0.5) is 0 Å². The van der Waals surface area contributed by atoms with Crippen molar-refractivity contribution in [3.05, 3.63) is 0 Å². The Labute approximate surface area is 193 Å². The Morgan fingerprint density at radius 3 is 1.68 bits per heavy atom. The molecule has 0 aromatic rings. The van der Waals surface area contributed by atoms with Gasteiger partial charge in [0.15, 0.2) is 0 Å². The number of carbonyl (C=O) groups is 2. The Morgan fingerprint density at radius 2 is 1.19 bits per heavy atom. The predicted octanol–water partition coefficient (Wildman–Crippen LogP) is 6.92. The van der Waals surface area contributed by atoms with Crippen molar-refractivity contribution in [2.75, 3.05) is 26.2 Å². The first-order valence-corrected chi connectivity index (χ1v) is 12.9. The van der Waals surface area contributed by atoms with Crippen molar-refractivity contribution in [3.8, 4) is 0 Å². The van der Waals surface area contributed by atoms with E-state index in [9.17, 15) is 9.59 Å². The van der Waals surface area contributed by atoms with E-state index in [4.69, 9.17) is 9.47 Å². The van der Waals surface area contributed by atoms with Gasteiger partial charge in [0.2, 0.25) is 0 Å². The van der Waals surface area contributed by atoms with Crippen LogP contribution in [0, 0.1) is 0 Å². The number of unbranched alkanes of at least 4 members (excludes halogenated alkanes) is 9. The molecule has 0 N–H and O–H groups in total. The third kappa shape index (κ3) is 25.0. The van der Waals surface area contributed by atoms with E-state index in [-0.39, 0.29) is 11.9 Å². The molecule has 0 unspecified atom stereocenters. The molecule has 0 saturated heterocycles. The average molecular weight is 444 g/mol. The minimum Gasteiger partial charge on any atom is -0.466 e. The van der Waals surface area contributed by atoms with Gasteiger partial charge in [-0.2, -0.15) is 0 Å². The van der Waals surface area contributed by atoms with Crippen molar-refractivity contribution in [2.45, 2.75) is 131 Å². The van der Waals surface area contributed by atoms with Crippen molar-refractivity contribution >= 4 is 11.9 Å². The molecule has 0 aliphatic rings. The van der Waals surface area contributed by atoms with E-state index in [1.54, 1.807) is 0 Å². The molecular formula is C26H53NO4. The summed E-state index contributed by atoms with van der Waals surface area (Å²) in [5.74, 6) is -0.235. The van der Waals surface area contributed by atoms with Crippen LogP contribution in [-0.4, -0.2) is 48.7 Å². The second kappa shape index (κ2) is 22.1. The van der Waals surface area contributed by atoms with Crippen molar-refractivity contribution in [3.63, 3.8) is 0 Å². The van der Waals surface area contributed by atoms with Crippen LogP contribution in [0.25, 0.3) is 0 Å². The fourth-order valence-electron chi connectivity index (χ4n) is 3.31. The average Bonchev–Trinajstić information content (AvgIpc) is 2.69. The van der Waals surface area contributed by atoms with Crippen molar-refractivity contribution in [1.82, 2.24) is 4.90 Å². The third-order valence-electron chi connectivity index (χ3n) is 4.76. The minimum absolute atomic E-state index is 0.0991. The quantitative estimate of drug-likeness (QED) is 0.170. The lowest BCUT2D eigenvalue weighted by Crippen LogP contribution is -2.36. The molecule has 186 valence electrons. The van der Waals surface area contributed by atoms with Gasteiger partial charge in [-0.05, 0) is 60.0 Å². The zero-order chi connectivity index (χ0) is 24.0. The van der Waals surface area contributed by atoms with Crippen LogP contribution in [-0.2, 0) is 19.1 Å². The SMILES string of the molecule is CC.CCCCCCCCCN(CCCCCCC(=O)OCC)CC(=O)OC(C)(C)C. The first-order chi connectivity index (χ1) is 14.8. The molecule has 0 radical (unpaired) electrons. The topological polar surface area (TPSA) is 55.8 Å². The number of nitrogens with zero attached hydrogens (tertiary/aromatic N) is 1. The summed E-state index contributed by atoms with van der Waals surface area (Å²) >= 11 is 0. The fourth-order valence-corrected chi connectivity index (χ4v) is 3.31. The van der Waals surface area contributed by atoms with Crippen LogP contribution in [0.2, 0.25) is 0 Å². The van der Waals surface area contributed by atoms with Gasteiger partial charge in [0.05, 0.1) is 13.2 Å². The largest absolute Gasteiger partial charge is 0.466 e. The fraction of sp³-hybridized carbons (Fsp3) is 0.923. The Balaban J connectivity index is 0. The van der Waals surface area contributed by atoms with E-state index >= 15 is 0 Å². The van der Waals surface area contributed by atoms with Gasteiger partial charge in [-0.1, -0.05) is 72.1 Å². The molecule has 0 atom stereocenters. The van der Waals surface area contributed by atoms with Crippen LogP contribution < -0.4 is 0 Å². The van der Waals surface area contributed by atoms with Gasteiger partial charge in [-0.3, -0.25) is 14.5 Å². The summed E-state index contributed by atoms with van der Waals surface area (Å²) in [6.07, 6.45) is 13.4. The number of carbonyl (C=O) groups excluding carboxylic acids is 2. The zero-order valence-electron chi connectivity index (χ0n) is 21.9. The van der Waals surface area contributed by atoms with E-state index in [1.165, 1.54) is 38.5 Å². The lowest BCUT2D eigenvalue weighted by atomic mass is 10.1.